The molecule has 0 aliphatic rings. The normalized spacial score (nSPS) is 11.3. The van der Waals surface area contributed by atoms with E-state index in [4.69, 9.17) is 0 Å². The van der Waals surface area contributed by atoms with E-state index < -0.39 is 0 Å². The van der Waals surface area contributed by atoms with Gasteiger partial charge in [0.15, 0.2) is 0 Å². The summed E-state index contributed by atoms with van der Waals surface area (Å²) in [5, 5.41) is 45.6. The van der Waals surface area contributed by atoms with Crippen molar-refractivity contribution in [3.8, 4) is 35.7 Å². The van der Waals surface area contributed by atoms with Crippen LogP contribution in [0.5, 0.6) is 0 Å². The van der Waals surface area contributed by atoms with Gasteiger partial charge in [-0.25, -0.2) is 0 Å². The third-order valence-corrected chi connectivity index (χ3v) is 10.3. The maximum absolute atomic E-state index is 10.7. The van der Waals surface area contributed by atoms with Gasteiger partial charge in [0, 0.05) is 43.7 Å². The highest BCUT2D eigenvalue weighted by Gasteiger charge is 2.22. The molecule has 0 aliphatic carbocycles. The first-order valence-electron chi connectivity index (χ1n) is 14.8. The number of nitrogens with zero attached hydrogens (tertiary/aromatic N) is 6. The number of hydrogen-bond donors (Lipinski definition) is 0. The van der Waals surface area contributed by atoms with Crippen molar-refractivity contribution >= 4 is 75.1 Å². The highest BCUT2D eigenvalue weighted by molar-refractivity contribution is 7.26. The molecule has 0 saturated carbocycles. The van der Waals surface area contributed by atoms with E-state index in [1.165, 1.54) is 11.3 Å². The van der Waals surface area contributed by atoms with Gasteiger partial charge in [-0.3, -0.25) is 0 Å². The number of hydrogen-bond acceptors (Lipinski definition) is 5. The minimum absolute atomic E-state index is 0.552. The second kappa shape index (κ2) is 9.80. The van der Waals surface area contributed by atoms with Crippen LogP contribution in [0, 0.1) is 45.3 Å². The van der Waals surface area contributed by atoms with Crippen LogP contribution in [-0.4, -0.2) is 9.13 Å². The van der Waals surface area contributed by atoms with Crippen LogP contribution in [0.2, 0.25) is 0 Å². The van der Waals surface area contributed by atoms with Crippen LogP contribution in [0.3, 0.4) is 0 Å². The van der Waals surface area contributed by atoms with Crippen LogP contribution in [0.15, 0.2) is 109 Å². The lowest BCUT2D eigenvalue weighted by molar-refractivity contribution is 1.13. The molecule has 0 spiro atoms. The van der Waals surface area contributed by atoms with Crippen molar-refractivity contribution in [3.05, 3.63) is 131 Å². The van der Waals surface area contributed by atoms with Gasteiger partial charge in [-0.1, -0.05) is 36.4 Å². The molecule has 3 aromatic heterocycles. The summed E-state index contributed by atoms with van der Waals surface area (Å²) in [5.41, 5.74) is 7.73. The Kier molecular flexibility index (Phi) is 5.53. The number of para-hydroxylation sites is 1. The number of rotatable bonds is 2. The summed E-state index contributed by atoms with van der Waals surface area (Å²) in [5.74, 6) is 0. The number of aromatic nitrogens is 2. The third-order valence-electron chi connectivity index (χ3n) is 9.02. The zero-order chi connectivity index (χ0) is 31.8. The Hall–Kier alpha value is -6.90. The highest BCUT2D eigenvalue weighted by Crippen LogP contribution is 2.44. The van der Waals surface area contributed by atoms with Gasteiger partial charge >= 0.3 is 0 Å². The first-order valence-corrected chi connectivity index (χ1v) is 15.7. The SMILES string of the molecule is N#Cc1ccc2c(c1)c1cc(C#N)ccc1n2-c1cccc(-n2c3ccccc3c3cc4c(sc5c(C#N)cccc54)c(C#N)c32)c1. The van der Waals surface area contributed by atoms with E-state index >= 15 is 0 Å². The topological polar surface area (TPSA) is 105 Å². The van der Waals surface area contributed by atoms with E-state index in [1.54, 1.807) is 0 Å². The Morgan fingerprint density at radius 2 is 1.09 bits per heavy atom. The van der Waals surface area contributed by atoms with Crippen LogP contribution < -0.4 is 0 Å². The molecular weight excluding hydrogens is 597 g/mol. The number of nitriles is 4. The lowest BCUT2D eigenvalue weighted by atomic mass is 10.0. The van der Waals surface area contributed by atoms with Gasteiger partial charge in [0.1, 0.15) is 12.1 Å². The van der Waals surface area contributed by atoms with Crippen molar-refractivity contribution in [1.29, 1.82) is 21.0 Å². The van der Waals surface area contributed by atoms with Gasteiger partial charge < -0.3 is 9.13 Å². The molecule has 0 bridgehead atoms. The molecule has 0 amide bonds. The van der Waals surface area contributed by atoms with Crippen molar-refractivity contribution in [2.24, 2.45) is 0 Å². The monoisotopic (exact) mass is 614 g/mol. The lowest BCUT2D eigenvalue weighted by Gasteiger charge is -2.13. The highest BCUT2D eigenvalue weighted by atomic mass is 32.1. The first kappa shape index (κ1) is 26.5. The second-order valence-corrected chi connectivity index (χ2v) is 12.4. The summed E-state index contributed by atoms with van der Waals surface area (Å²) in [6.07, 6.45) is 0. The van der Waals surface area contributed by atoms with Crippen molar-refractivity contribution < 1.29 is 0 Å². The van der Waals surface area contributed by atoms with Gasteiger partial charge in [-0.05, 0) is 72.8 Å². The number of thiophene rings is 1. The summed E-state index contributed by atoms with van der Waals surface area (Å²) in [4.78, 5) is 0. The van der Waals surface area contributed by atoms with Gasteiger partial charge in [0.05, 0.1) is 65.9 Å². The number of fused-ring (bicyclic) bond motifs is 9. The van der Waals surface area contributed by atoms with E-state index in [0.29, 0.717) is 22.3 Å². The lowest BCUT2D eigenvalue weighted by Crippen LogP contribution is -1.99. The Labute approximate surface area is 271 Å². The summed E-state index contributed by atoms with van der Waals surface area (Å²) in [6, 6.07) is 45.0. The second-order valence-electron chi connectivity index (χ2n) is 11.4. The van der Waals surface area contributed by atoms with E-state index in [9.17, 15) is 21.0 Å². The van der Waals surface area contributed by atoms with Gasteiger partial charge in [-0.2, -0.15) is 21.0 Å². The average molecular weight is 615 g/mol. The van der Waals surface area contributed by atoms with Gasteiger partial charge in [-0.15, -0.1) is 11.3 Å². The molecular formula is C40H18N6S. The molecule has 6 nitrogen and oxygen atoms in total. The van der Waals surface area contributed by atoms with Gasteiger partial charge in [0.25, 0.3) is 0 Å². The molecule has 47 heavy (non-hydrogen) atoms. The fourth-order valence-corrected chi connectivity index (χ4v) is 8.29. The zero-order valence-corrected chi connectivity index (χ0v) is 25.3. The van der Waals surface area contributed by atoms with E-state index in [2.05, 4.69) is 63.7 Å². The molecule has 0 atom stereocenters. The number of benzene rings is 6. The summed E-state index contributed by atoms with van der Waals surface area (Å²) < 4.78 is 6.07. The quantitative estimate of drug-likeness (QED) is 0.193. The van der Waals surface area contributed by atoms with Crippen LogP contribution in [0.25, 0.3) is 75.2 Å². The predicted molar refractivity (Wildman–Crippen MR) is 187 cm³/mol. The average Bonchev–Trinajstić information content (AvgIpc) is 3.77. The molecule has 0 radical (unpaired) electrons. The maximum Gasteiger partial charge on any atom is 0.103 e. The maximum atomic E-state index is 10.7. The molecule has 9 aromatic rings. The minimum Gasteiger partial charge on any atom is -0.309 e. The van der Waals surface area contributed by atoms with Crippen molar-refractivity contribution in [1.82, 2.24) is 9.13 Å². The molecule has 9 rings (SSSR count). The molecule has 0 N–H and O–H groups in total. The van der Waals surface area contributed by atoms with Crippen LogP contribution in [0.1, 0.15) is 22.3 Å². The van der Waals surface area contributed by atoms with Crippen LogP contribution >= 0.6 is 11.3 Å². The Morgan fingerprint density at radius 1 is 0.447 bits per heavy atom. The van der Waals surface area contributed by atoms with Crippen LogP contribution in [0.4, 0.5) is 0 Å². The summed E-state index contributed by atoms with van der Waals surface area (Å²) in [6.45, 7) is 0. The molecule has 0 fully saturated rings. The van der Waals surface area contributed by atoms with Crippen molar-refractivity contribution in [2.75, 3.05) is 0 Å². The van der Waals surface area contributed by atoms with E-state index in [1.807, 2.05) is 78.9 Å². The van der Waals surface area contributed by atoms with Gasteiger partial charge in [0.2, 0.25) is 0 Å². The molecule has 7 heteroatoms. The molecule has 0 saturated heterocycles. The molecule has 3 heterocycles. The summed E-state index contributed by atoms with van der Waals surface area (Å²) in [7, 11) is 0. The fourth-order valence-electron chi connectivity index (χ4n) is 7.05. The van der Waals surface area contributed by atoms with Crippen molar-refractivity contribution in [3.63, 3.8) is 0 Å². The largest absolute Gasteiger partial charge is 0.309 e. The predicted octanol–water partition coefficient (Wildman–Crippen LogP) is 9.74. The minimum atomic E-state index is 0.552. The Bertz CT molecular complexity index is 2950. The van der Waals surface area contributed by atoms with E-state index in [-0.39, 0.29) is 0 Å². The molecule has 214 valence electrons. The molecule has 0 unspecified atom stereocenters. The first-order chi connectivity index (χ1) is 23.1. The van der Waals surface area contributed by atoms with E-state index in [0.717, 1.165) is 75.2 Å². The fraction of sp³-hybridized carbons (Fsp3) is 0. The van der Waals surface area contributed by atoms with Crippen LogP contribution in [-0.2, 0) is 0 Å². The third kappa shape index (κ3) is 3.61. The Morgan fingerprint density at radius 3 is 1.77 bits per heavy atom. The zero-order valence-electron chi connectivity index (χ0n) is 24.5. The smallest absolute Gasteiger partial charge is 0.103 e. The summed E-state index contributed by atoms with van der Waals surface area (Å²) >= 11 is 1.49. The standard InChI is InChI=1S/C40H18N6S/c41-19-23-11-13-36-30(15-23)31-16-24(20-42)12-14-37(31)45(36)26-6-4-7-27(17-26)46-35-10-2-1-8-28(35)32-18-33-29-9-3-5-25(21-43)39(29)47-40(33)34(22-44)38(32)46/h1-18H. The molecule has 0 aliphatic heterocycles. The molecule has 6 aromatic carbocycles. The van der Waals surface area contributed by atoms with Crippen molar-refractivity contribution in [2.45, 2.75) is 0 Å². The Balaban J connectivity index is 1.38.